The average molecular weight is 386 g/mol. The van der Waals surface area contributed by atoms with Crippen molar-refractivity contribution < 1.29 is 19.1 Å². The Bertz CT molecular complexity index is 825. The number of nitrogens with zero attached hydrogens (tertiary/aromatic N) is 2. The van der Waals surface area contributed by atoms with E-state index in [1.807, 2.05) is 29.6 Å². The van der Waals surface area contributed by atoms with Crippen molar-refractivity contribution in [1.29, 1.82) is 0 Å². The SMILES string of the molecule is COc1ccc(/C=C/C(=O)N2CCN(C(=O)c3cccs3)CC2)cc1OC. The quantitative estimate of drug-likeness (QED) is 0.742. The van der Waals surface area contributed by atoms with E-state index < -0.39 is 0 Å². The molecule has 1 aliphatic heterocycles. The molecular weight excluding hydrogens is 364 g/mol. The first kappa shape index (κ1) is 19.0. The highest BCUT2D eigenvalue weighted by molar-refractivity contribution is 7.12. The van der Waals surface area contributed by atoms with E-state index in [-0.39, 0.29) is 11.8 Å². The molecule has 2 aromatic rings. The molecule has 0 saturated carbocycles. The Morgan fingerprint density at radius 1 is 1.00 bits per heavy atom. The summed E-state index contributed by atoms with van der Waals surface area (Å²) in [6.45, 7) is 2.16. The highest BCUT2D eigenvalue weighted by atomic mass is 32.1. The van der Waals surface area contributed by atoms with Crippen molar-refractivity contribution in [2.24, 2.45) is 0 Å². The number of carbonyl (C=O) groups is 2. The highest BCUT2D eigenvalue weighted by Crippen LogP contribution is 2.28. The van der Waals surface area contributed by atoms with Crippen LogP contribution in [0.3, 0.4) is 0 Å². The molecular formula is C20H22N2O4S. The standard InChI is InChI=1S/C20H22N2O4S/c1-25-16-7-5-15(14-17(16)26-2)6-8-19(23)21-9-11-22(12-10-21)20(24)18-4-3-13-27-18/h3-8,13-14H,9-12H2,1-2H3/b8-6+. The number of amides is 2. The number of hydrogen-bond donors (Lipinski definition) is 0. The Labute approximate surface area is 162 Å². The number of carbonyl (C=O) groups excluding carboxylic acids is 2. The molecule has 142 valence electrons. The molecule has 2 amide bonds. The minimum atomic E-state index is -0.0620. The predicted molar refractivity (Wildman–Crippen MR) is 105 cm³/mol. The van der Waals surface area contributed by atoms with Gasteiger partial charge >= 0.3 is 0 Å². The average Bonchev–Trinajstić information content (AvgIpc) is 3.26. The Kier molecular flexibility index (Phi) is 6.13. The van der Waals surface area contributed by atoms with Crippen molar-refractivity contribution in [3.8, 4) is 11.5 Å². The molecule has 0 spiro atoms. The lowest BCUT2D eigenvalue weighted by atomic mass is 10.2. The van der Waals surface area contributed by atoms with Gasteiger partial charge in [-0.3, -0.25) is 9.59 Å². The van der Waals surface area contributed by atoms with Crippen molar-refractivity contribution in [1.82, 2.24) is 9.80 Å². The number of methoxy groups -OCH3 is 2. The lowest BCUT2D eigenvalue weighted by Crippen LogP contribution is -2.50. The Morgan fingerprint density at radius 3 is 2.33 bits per heavy atom. The van der Waals surface area contributed by atoms with Gasteiger partial charge in [0.25, 0.3) is 5.91 Å². The van der Waals surface area contributed by atoms with Crippen LogP contribution in [-0.2, 0) is 4.79 Å². The molecule has 0 N–H and O–H groups in total. The van der Waals surface area contributed by atoms with Crippen molar-refractivity contribution >= 4 is 29.2 Å². The Hall–Kier alpha value is -2.80. The van der Waals surface area contributed by atoms with E-state index >= 15 is 0 Å². The number of benzene rings is 1. The summed E-state index contributed by atoms with van der Waals surface area (Å²) in [5, 5.41) is 1.89. The topological polar surface area (TPSA) is 59.1 Å². The first-order valence-corrected chi connectivity index (χ1v) is 9.52. The van der Waals surface area contributed by atoms with Gasteiger partial charge in [0.2, 0.25) is 5.91 Å². The van der Waals surface area contributed by atoms with Crippen LogP contribution in [0.1, 0.15) is 15.2 Å². The van der Waals surface area contributed by atoms with E-state index in [1.54, 1.807) is 42.2 Å². The van der Waals surface area contributed by atoms with Crippen LogP contribution in [0, 0.1) is 0 Å². The molecule has 0 aliphatic carbocycles. The highest BCUT2D eigenvalue weighted by Gasteiger charge is 2.24. The second-order valence-electron chi connectivity index (χ2n) is 6.04. The molecule has 1 fully saturated rings. The Balaban J connectivity index is 1.56. The number of thiophene rings is 1. The first-order valence-electron chi connectivity index (χ1n) is 8.64. The molecule has 6 nitrogen and oxygen atoms in total. The maximum Gasteiger partial charge on any atom is 0.264 e. The summed E-state index contributed by atoms with van der Waals surface area (Å²) in [6, 6.07) is 9.19. The van der Waals surface area contributed by atoms with Crippen molar-refractivity contribution in [2.45, 2.75) is 0 Å². The third-order valence-electron chi connectivity index (χ3n) is 4.44. The fraction of sp³-hybridized carbons (Fsp3) is 0.300. The summed E-state index contributed by atoms with van der Waals surface area (Å²) >= 11 is 1.44. The van der Waals surface area contributed by atoms with Gasteiger partial charge < -0.3 is 19.3 Å². The van der Waals surface area contributed by atoms with Gasteiger partial charge in [-0.05, 0) is 35.2 Å². The largest absolute Gasteiger partial charge is 0.493 e. The van der Waals surface area contributed by atoms with E-state index in [1.165, 1.54) is 11.3 Å². The normalized spacial score (nSPS) is 14.4. The Morgan fingerprint density at radius 2 is 1.70 bits per heavy atom. The van der Waals surface area contributed by atoms with E-state index in [4.69, 9.17) is 9.47 Å². The summed E-state index contributed by atoms with van der Waals surface area (Å²) in [6.07, 6.45) is 3.31. The zero-order chi connectivity index (χ0) is 19.2. The van der Waals surface area contributed by atoms with Crippen LogP contribution >= 0.6 is 11.3 Å². The minimum absolute atomic E-state index is 0.0398. The van der Waals surface area contributed by atoms with Crippen LogP contribution in [-0.4, -0.2) is 62.0 Å². The van der Waals surface area contributed by atoms with Gasteiger partial charge in [0, 0.05) is 32.3 Å². The maximum absolute atomic E-state index is 12.4. The van der Waals surface area contributed by atoms with Crippen molar-refractivity contribution in [2.75, 3.05) is 40.4 Å². The van der Waals surface area contributed by atoms with Crippen molar-refractivity contribution in [3.05, 3.63) is 52.2 Å². The van der Waals surface area contributed by atoms with Gasteiger partial charge in [-0.2, -0.15) is 0 Å². The molecule has 0 radical (unpaired) electrons. The lowest BCUT2D eigenvalue weighted by molar-refractivity contribution is -0.127. The summed E-state index contributed by atoms with van der Waals surface area (Å²) in [5.74, 6) is 1.24. The second-order valence-corrected chi connectivity index (χ2v) is 6.99. The van der Waals surface area contributed by atoms with Gasteiger partial charge in [-0.25, -0.2) is 0 Å². The fourth-order valence-electron chi connectivity index (χ4n) is 2.92. The summed E-state index contributed by atoms with van der Waals surface area (Å²) < 4.78 is 10.5. The summed E-state index contributed by atoms with van der Waals surface area (Å²) in [4.78, 5) is 29.1. The summed E-state index contributed by atoms with van der Waals surface area (Å²) in [7, 11) is 3.16. The molecule has 1 aromatic heterocycles. The van der Waals surface area contributed by atoms with Crippen LogP contribution in [0.2, 0.25) is 0 Å². The third kappa shape index (κ3) is 4.49. The molecule has 3 rings (SSSR count). The molecule has 0 unspecified atom stereocenters. The molecule has 1 saturated heterocycles. The number of rotatable bonds is 5. The van der Waals surface area contributed by atoms with Gasteiger partial charge in [0.1, 0.15) is 0 Å². The zero-order valence-electron chi connectivity index (χ0n) is 15.4. The molecule has 27 heavy (non-hydrogen) atoms. The number of hydrogen-bond acceptors (Lipinski definition) is 5. The summed E-state index contributed by atoms with van der Waals surface area (Å²) in [5.41, 5.74) is 0.854. The van der Waals surface area contributed by atoms with E-state index in [0.29, 0.717) is 37.7 Å². The maximum atomic E-state index is 12.4. The molecule has 7 heteroatoms. The fourth-order valence-corrected chi connectivity index (χ4v) is 3.61. The van der Waals surface area contributed by atoms with Gasteiger partial charge in [-0.15, -0.1) is 11.3 Å². The smallest absolute Gasteiger partial charge is 0.264 e. The minimum Gasteiger partial charge on any atom is -0.493 e. The first-order chi connectivity index (χ1) is 13.1. The molecule has 1 aromatic carbocycles. The van der Waals surface area contributed by atoms with Crippen LogP contribution in [0.15, 0.2) is 41.8 Å². The zero-order valence-corrected chi connectivity index (χ0v) is 16.2. The molecule has 1 aliphatic rings. The number of piperazine rings is 1. The second kappa shape index (κ2) is 8.73. The van der Waals surface area contributed by atoms with Gasteiger partial charge in [-0.1, -0.05) is 12.1 Å². The lowest BCUT2D eigenvalue weighted by Gasteiger charge is -2.34. The molecule has 0 atom stereocenters. The van der Waals surface area contributed by atoms with Crippen molar-refractivity contribution in [3.63, 3.8) is 0 Å². The van der Waals surface area contributed by atoms with E-state index in [0.717, 1.165) is 10.4 Å². The van der Waals surface area contributed by atoms with Gasteiger partial charge in [0.15, 0.2) is 11.5 Å². The van der Waals surface area contributed by atoms with Crippen LogP contribution in [0.5, 0.6) is 11.5 Å². The predicted octanol–water partition coefficient (Wildman–Crippen LogP) is 2.76. The third-order valence-corrected chi connectivity index (χ3v) is 5.29. The van der Waals surface area contributed by atoms with Crippen LogP contribution < -0.4 is 9.47 Å². The van der Waals surface area contributed by atoms with Crippen LogP contribution in [0.25, 0.3) is 6.08 Å². The monoisotopic (exact) mass is 386 g/mol. The van der Waals surface area contributed by atoms with E-state index in [9.17, 15) is 9.59 Å². The molecule has 0 bridgehead atoms. The van der Waals surface area contributed by atoms with E-state index in [2.05, 4.69) is 0 Å². The van der Waals surface area contributed by atoms with Crippen LogP contribution in [0.4, 0.5) is 0 Å². The van der Waals surface area contributed by atoms with Gasteiger partial charge in [0.05, 0.1) is 19.1 Å². The number of ether oxygens (including phenoxy) is 2. The molecule has 2 heterocycles.